The van der Waals surface area contributed by atoms with Crippen LogP contribution in [-0.2, 0) is 14.3 Å². The van der Waals surface area contributed by atoms with Crippen molar-refractivity contribution in [2.75, 3.05) is 13.2 Å². The van der Waals surface area contributed by atoms with Gasteiger partial charge in [-0.3, -0.25) is 9.69 Å². The summed E-state index contributed by atoms with van der Waals surface area (Å²) in [7, 11) is 0. The molecule has 0 N–H and O–H groups in total. The summed E-state index contributed by atoms with van der Waals surface area (Å²) in [5.74, 6) is -0.0103. The predicted octanol–water partition coefficient (Wildman–Crippen LogP) is 3.02. The van der Waals surface area contributed by atoms with Gasteiger partial charge in [0.15, 0.2) is 5.78 Å². The van der Waals surface area contributed by atoms with E-state index < -0.39 is 28.8 Å². The minimum atomic E-state index is -0.590. The van der Waals surface area contributed by atoms with E-state index in [1.807, 2.05) is 55.4 Å². The van der Waals surface area contributed by atoms with Crippen LogP contribution in [-0.4, -0.2) is 47.2 Å². The minimum absolute atomic E-state index is 0.0103. The Hall–Kier alpha value is -1.10. The fourth-order valence-corrected chi connectivity index (χ4v) is 2.19. The molecule has 0 aromatic carbocycles. The maximum absolute atomic E-state index is 12.6. The highest BCUT2D eigenvalue weighted by atomic mass is 16.6. The lowest BCUT2D eigenvalue weighted by Gasteiger charge is -2.44. The zero-order valence-corrected chi connectivity index (χ0v) is 14.6. The van der Waals surface area contributed by atoms with Crippen LogP contribution >= 0.6 is 0 Å². The summed E-state index contributed by atoms with van der Waals surface area (Å²) >= 11 is 0. The Balaban J connectivity index is 3.00. The second kappa shape index (κ2) is 5.59. The highest BCUT2D eigenvalue weighted by Crippen LogP contribution is 2.28. The summed E-state index contributed by atoms with van der Waals surface area (Å²) < 4.78 is 11.2. The molecule has 1 aliphatic rings. The Kier molecular flexibility index (Phi) is 4.78. The molecule has 0 spiro atoms. The van der Waals surface area contributed by atoms with Crippen molar-refractivity contribution in [3.05, 3.63) is 0 Å². The molecule has 0 bridgehead atoms. The highest BCUT2D eigenvalue weighted by Gasteiger charge is 2.44. The number of carbonyl (C=O) groups excluding carboxylic acids is 2. The molecule has 1 saturated heterocycles. The van der Waals surface area contributed by atoms with Gasteiger partial charge in [-0.1, -0.05) is 20.8 Å². The van der Waals surface area contributed by atoms with E-state index in [-0.39, 0.29) is 12.4 Å². The third-order valence-electron chi connectivity index (χ3n) is 3.23. The monoisotopic (exact) mass is 299 g/mol. The van der Waals surface area contributed by atoms with E-state index >= 15 is 0 Å². The lowest BCUT2D eigenvalue weighted by Crippen LogP contribution is -2.61. The molecular weight excluding hydrogens is 270 g/mol. The fourth-order valence-electron chi connectivity index (χ4n) is 2.19. The molecule has 0 radical (unpaired) electrons. The minimum Gasteiger partial charge on any atom is -0.444 e. The van der Waals surface area contributed by atoms with Crippen molar-refractivity contribution in [3.8, 4) is 0 Å². The van der Waals surface area contributed by atoms with Crippen LogP contribution in [0.15, 0.2) is 0 Å². The molecule has 0 aromatic rings. The summed E-state index contributed by atoms with van der Waals surface area (Å²) in [6.07, 6.45) is -0.457. The van der Waals surface area contributed by atoms with Gasteiger partial charge in [0.2, 0.25) is 0 Å². The molecular formula is C16H29NO4. The summed E-state index contributed by atoms with van der Waals surface area (Å²) in [6.45, 7) is 15.4. The van der Waals surface area contributed by atoms with Crippen LogP contribution in [0, 0.1) is 5.41 Å². The van der Waals surface area contributed by atoms with Crippen molar-refractivity contribution >= 4 is 11.9 Å². The molecule has 5 heteroatoms. The van der Waals surface area contributed by atoms with E-state index in [1.165, 1.54) is 4.90 Å². The number of nitrogens with zero attached hydrogens (tertiary/aromatic N) is 1. The van der Waals surface area contributed by atoms with E-state index in [9.17, 15) is 9.59 Å². The fraction of sp³-hybridized carbons (Fsp3) is 0.875. The van der Waals surface area contributed by atoms with Crippen molar-refractivity contribution in [2.45, 2.75) is 72.6 Å². The van der Waals surface area contributed by atoms with E-state index in [2.05, 4.69) is 0 Å². The van der Waals surface area contributed by atoms with Crippen LogP contribution in [0.25, 0.3) is 0 Å². The summed E-state index contributed by atoms with van der Waals surface area (Å²) in [5.41, 5.74) is -1.60. The topological polar surface area (TPSA) is 55.8 Å². The predicted molar refractivity (Wildman–Crippen MR) is 81.2 cm³/mol. The van der Waals surface area contributed by atoms with Crippen LogP contribution in [0.5, 0.6) is 0 Å². The molecule has 0 aromatic heterocycles. The number of ketones is 1. The Labute approximate surface area is 128 Å². The summed E-state index contributed by atoms with van der Waals surface area (Å²) in [5, 5.41) is 0. The Morgan fingerprint density at radius 1 is 1.14 bits per heavy atom. The van der Waals surface area contributed by atoms with Crippen LogP contribution in [0.2, 0.25) is 0 Å². The van der Waals surface area contributed by atoms with E-state index in [4.69, 9.17) is 9.47 Å². The number of amides is 1. The molecule has 0 aliphatic carbocycles. The standard InChI is InChI=1S/C16H29NO4/c1-14(2,3)12(18)11-9-20-16(7,8)10-17(11)13(19)21-15(4,5)6/h11H,9-10H2,1-8H3/t11-/m0/s1. The van der Waals surface area contributed by atoms with Gasteiger partial charge in [-0.05, 0) is 34.6 Å². The maximum Gasteiger partial charge on any atom is 0.411 e. The third kappa shape index (κ3) is 4.99. The summed E-state index contributed by atoms with van der Waals surface area (Å²) in [4.78, 5) is 26.5. The normalized spacial score (nSPS) is 22.9. The summed E-state index contributed by atoms with van der Waals surface area (Å²) in [6, 6.07) is -0.590. The van der Waals surface area contributed by atoms with Crippen molar-refractivity contribution in [1.29, 1.82) is 0 Å². The lowest BCUT2D eigenvalue weighted by atomic mass is 9.85. The van der Waals surface area contributed by atoms with Gasteiger partial charge < -0.3 is 9.47 Å². The largest absolute Gasteiger partial charge is 0.444 e. The third-order valence-corrected chi connectivity index (χ3v) is 3.23. The van der Waals surface area contributed by atoms with Crippen LogP contribution in [0.1, 0.15) is 55.4 Å². The van der Waals surface area contributed by atoms with Gasteiger partial charge in [0, 0.05) is 5.41 Å². The molecule has 1 fully saturated rings. The Morgan fingerprint density at radius 2 is 1.67 bits per heavy atom. The first-order valence-electron chi connectivity index (χ1n) is 7.41. The quantitative estimate of drug-likeness (QED) is 0.747. The van der Waals surface area contributed by atoms with Gasteiger partial charge in [0.1, 0.15) is 11.6 Å². The number of hydrogen-bond donors (Lipinski definition) is 0. The zero-order chi connectivity index (χ0) is 16.6. The van der Waals surface area contributed by atoms with Crippen LogP contribution in [0.3, 0.4) is 0 Å². The van der Waals surface area contributed by atoms with Gasteiger partial charge in [-0.15, -0.1) is 0 Å². The number of carbonyl (C=O) groups is 2. The van der Waals surface area contributed by atoms with Gasteiger partial charge in [-0.2, -0.15) is 0 Å². The average molecular weight is 299 g/mol. The first-order chi connectivity index (χ1) is 9.23. The van der Waals surface area contributed by atoms with Gasteiger partial charge in [-0.25, -0.2) is 4.79 Å². The molecule has 1 amide bonds. The van der Waals surface area contributed by atoms with Gasteiger partial charge in [0.05, 0.1) is 18.8 Å². The van der Waals surface area contributed by atoms with E-state index in [0.717, 1.165) is 0 Å². The number of rotatable bonds is 1. The number of morpholine rings is 1. The van der Waals surface area contributed by atoms with Crippen LogP contribution < -0.4 is 0 Å². The molecule has 1 rings (SSSR count). The first kappa shape index (κ1) is 18.0. The van der Waals surface area contributed by atoms with E-state index in [0.29, 0.717) is 6.54 Å². The van der Waals surface area contributed by atoms with Crippen molar-refractivity contribution in [2.24, 2.45) is 5.41 Å². The van der Waals surface area contributed by atoms with Crippen molar-refractivity contribution in [3.63, 3.8) is 0 Å². The molecule has 122 valence electrons. The SMILES string of the molecule is CC(C)(C)OC(=O)N1CC(C)(C)OC[C@H]1C(=O)C(C)(C)C. The Bertz CT molecular complexity index is 415. The Morgan fingerprint density at radius 3 is 2.10 bits per heavy atom. The van der Waals surface area contributed by atoms with Gasteiger partial charge >= 0.3 is 6.09 Å². The second-order valence-corrected chi connectivity index (χ2v) is 8.31. The van der Waals surface area contributed by atoms with Crippen LogP contribution in [0.4, 0.5) is 4.79 Å². The molecule has 0 unspecified atom stereocenters. The van der Waals surface area contributed by atoms with E-state index in [1.54, 1.807) is 0 Å². The lowest BCUT2D eigenvalue weighted by molar-refractivity contribution is -0.150. The molecule has 1 aliphatic heterocycles. The first-order valence-corrected chi connectivity index (χ1v) is 7.41. The maximum atomic E-state index is 12.6. The molecule has 5 nitrogen and oxygen atoms in total. The number of ether oxygens (including phenoxy) is 2. The highest BCUT2D eigenvalue weighted by molar-refractivity contribution is 5.91. The number of hydrogen-bond acceptors (Lipinski definition) is 4. The average Bonchev–Trinajstić information content (AvgIpc) is 2.23. The zero-order valence-electron chi connectivity index (χ0n) is 14.6. The molecule has 1 heterocycles. The molecule has 0 saturated carbocycles. The molecule has 1 atom stereocenters. The van der Waals surface area contributed by atoms with Crippen molar-refractivity contribution in [1.82, 2.24) is 4.90 Å². The van der Waals surface area contributed by atoms with Crippen molar-refractivity contribution < 1.29 is 19.1 Å². The molecule has 21 heavy (non-hydrogen) atoms. The van der Waals surface area contributed by atoms with Gasteiger partial charge in [0.25, 0.3) is 0 Å². The smallest absolute Gasteiger partial charge is 0.411 e. The number of Topliss-reactive ketones (excluding diaryl/α,β-unsaturated/α-hetero) is 1. The second-order valence-electron chi connectivity index (χ2n) is 8.31.